The van der Waals surface area contributed by atoms with Crippen molar-refractivity contribution in [3.05, 3.63) is 39.9 Å². The van der Waals surface area contributed by atoms with Gasteiger partial charge in [-0.3, -0.25) is 10.1 Å². The Balaban J connectivity index is 1.95. The number of nitrogens with zero attached hydrogens (tertiary/aromatic N) is 3. The lowest BCUT2D eigenvalue weighted by Crippen LogP contribution is -1.95. The smallest absolute Gasteiger partial charge is 0.294 e. The number of rotatable bonds is 5. The zero-order chi connectivity index (χ0) is 13.0. The van der Waals surface area contributed by atoms with Crippen LogP contribution >= 0.6 is 23.3 Å². The van der Waals surface area contributed by atoms with Crippen LogP contribution < -0.4 is 4.74 Å². The van der Waals surface area contributed by atoms with E-state index in [1.54, 1.807) is 12.1 Å². The minimum Gasteiger partial charge on any atom is -0.464 e. The third kappa shape index (κ3) is 3.17. The minimum atomic E-state index is -0.430. The van der Waals surface area contributed by atoms with Crippen molar-refractivity contribution in [2.75, 3.05) is 6.26 Å². The van der Waals surface area contributed by atoms with Crippen molar-refractivity contribution in [1.82, 2.24) is 9.36 Å². The molecule has 6 nitrogen and oxygen atoms in total. The van der Waals surface area contributed by atoms with Crippen LogP contribution in [0.2, 0.25) is 0 Å². The van der Waals surface area contributed by atoms with Gasteiger partial charge in [0.2, 0.25) is 5.16 Å². The number of thioether (sulfide) groups is 1. The lowest BCUT2D eigenvalue weighted by atomic mass is 10.2. The molecule has 2 rings (SSSR count). The normalized spacial score (nSPS) is 10.3. The van der Waals surface area contributed by atoms with Gasteiger partial charge in [0.25, 0.3) is 10.9 Å². The van der Waals surface area contributed by atoms with E-state index in [1.807, 2.05) is 6.26 Å². The number of hydrogen-bond acceptors (Lipinski definition) is 7. The van der Waals surface area contributed by atoms with Crippen LogP contribution in [0.4, 0.5) is 5.69 Å². The maximum Gasteiger partial charge on any atom is 0.294 e. The maximum absolute atomic E-state index is 10.5. The Hall–Kier alpha value is -1.67. The first kappa shape index (κ1) is 12.8. The zero-order valence-corrected chi connectivity index (χ0v) is 11.0. The molecular weight excluding hydrogens is 274 g/mol. The summed E-state index contributed by atoms with van der Waals surface area (Å²) in [5.41, 5.74) is 0.917. The Morgan fingerprint density at radius 1 is 1.44 bits per heavy atom. The van der Waals surface area contributed by atoms with Crippen LogP contribution in [-0.2, 0) is 6.61 Å². The molecule has 94 valence electrons. The van der Waals surface area contributed by atoms with Gasteiger partial charge in [0.1, 0.15) is 6.61 Å². The second-order valence-corrected chi connectivity index (χ2v) is 4.75. The molecule has 0 aliphatic carbocycles. The van der Waals surface area contributed by atoms with Crippen LogP contribution in [0.3, 0.4) is 0 Å². The van der Waals surface area contributed by atoms with Crippen LogP contribution in [0, 0.1) is 10.1 Å². The SMILES string of the molecule is CSc1nsc(OCc2ccc([N+](=O)[O-])cc2)n1. The Bertz CT molecular complexity index is 542. The largest absolute Gasteiger partial charge is 0.464 e. The van der Waals surface area contributed by atoms with Crippen LogP contribution in [0.15, 0.2) is 29.4 Å². The quantitative estimate of drug-likeness (QED) is 0.477. The molecule has 0 fully saturated rings. The van der Waals surface area contributed by atoms with Gasteiger partial charge in [0.15, 0.2) is 0 Å². The van der Waals surface area contributed by atoms with Gasteiger partial charge < -0.3 is 4.74 Å². The molecule has 0 atom stereocenters. The standard InChI is InChI=1S/C10H9N3O3S2/c1-17-9-11-10(18-12-9)16-6-7-2-4-8(5-3-7)13(14)15/h2-5H,6H2,1H3. The second kappa shape index (κ2) is 5.78. The van der Waals surface area contributed by atoms with Crippen molar-refractivity contribution in [2.45, 2.75) is 11.8 Å². The summed E-state index contributed by atoms with van der Waals surface area (Å²) in [6.07, 6.45) is 1.89. The number of benzene rings is 1. The summed E-state index contributed by atoms with van der Waals surface area (Å²) in [6, 6.07) is 6.22. The van der Waals surface area contributed by atoms with Crippen LogP contribution in [0.25, 0.3) is 0 Å². The van der Waals surface area contributed by atoms with E-state index < -0.39 is 4.92 Å². The van der Waals surface area contributed by atoms with Gasteiger partial charge in [-0.2, -0.15) is 9.36 Å². The van der Waals surface area contributed by atoms with Crippen molar-refractivity contribution in [1.29, 1.82) is 0 Å². The number of nitro groups is 1. The first-order valence-corrected chi connectivity index (χ1v) is 6.92. The molecule has 0 N–H and O–H groups in total. The average molecular weight is 283 g/mol. The van der Waals surface area contributed by atoms with Crippen LogP contribution in [0.5, 0.6) is 5.19 Å². The van der Waals surface area contributed by atoms with E-state index >= 15 is 0 Å². The molecule has 0 aliphatic rings. The second-order valence-electron chi connectivity index (χ2n) is 3.26. The Labute approximate surface area is 111 Å². The summed E-state index contributed by atoms with van der Waals surface area (Å²) in [5.74, 6) is 0. The molecule has 8 heteroatoms. The van der Waals surface area contributed by atoms with Crippen molar-refractivity contribution >= 4 is 29.0 Å². The Morgan fingerprint density at radius 2 is 2.17 bits per heavy atom. The molecule has 1 heterocycles. The van der Waals surface area contributed by atoms with Gasteiger partial charge in [-0.15, -0.1) is 0 Å². The summed E-state index contributed by atoms with van der Waals surface area (Å²) >= 11 is 2.64. The predicted molar refractivity (Wildman–Crippen MR) is 69.1 cm³/mol. The summed E-state index contributed by atoms with van der Waals surface area (Å²) < 4.78 is 9.50. The average Bonchev–Trinajstić information content (AvgIpc) is 2.85. The Kier molecular flexibility index (Phi) is 4.11. The molecule has 0 amide bonds. The molecule has 0 saturated carbocycles. The fourth-order valence-corrected chi connectivity index (χ4v) is 2.28. The Morgan fingerprint density at radius 3 is 2.72 bits per heavy atom. The van der Waals surface area contributed by atoms with E-state index in [0.717, 1.165) is 5.56 Å². The molecule has 0 aliphatic heterocycles. The highest BCUT2D eigenvalue weighted by Crippen LogP contribution is 2.21. The molecule has 0 unspecified atom stereocenters. The highest BCUT2D eigenvalue weighted by molar-refractivity contribution is 7.98. The summed E-state index contributed by atoms with van der Waals surface area (Å²) in [4.78, 5) is 14.2. The highest BCUT2D eigenvalue weighted by Gasteiger charge is 2.06. The van der Waals surface area contributed by atoms with Crippen molar-refractivity contribution in [2.24, 2.45) is 0 Å². The van der Waals surface area contributed by atoms with E-state index in [2.05, 4.69) is 9.36 Å². The minimum absolute atomic E-state index is 0.0688. The van der Waals surface area contributed by atoms with Gasteiger partial charge in [0, 0.05) is 23.7 Å². The van der Waals surface area contributed by atoms with E-state index in [4.69, 9.17) is 4.74 Å². The summed E-state index contributed by atoms with van der Waals surface area (Å²) in [7, 11) is 0. The molecular formula is C10H9N3O3S2. The van der Waals surface area contributed by atoms with Gasteiger partial charge in [-0.05, 0) is 24.0 Å². The molecule has 0 radical (unpaired) electrons. The highest BCUT2D eigenvalue weighted by atomic mass is 32.2. The molecule has 18 heavy (non-hydrogen) atoms. The number of hydrogen-bond donors (Lipinski definition) is 0. The summed E-state index contributed by atoms with van der Waals surface area (Å²) in [5, 5.41) is 11.7. The van der Waals surface area contributed by atoms with Crippen molar-refractivity contribution < 1.29 is 9.66 Å². The molecule has 1 aromatic heterocycles. The van der Waals surface area contributed by atoms with Crippen molar-refractivity contribution in [3.8, 4) is 5.19 Å². The molecule has 1 aromatic carbocycles. The van der Waals surface area contributed by atoms with Gasteiger partial charge >= 0.3 is 0 Å². The fraction of sp³-hybridized carbons (Fsp3) is 0.200. The molecule has 0 saturated heterocycles. The van der Waals surface area contributed by atoms with Gasteiger partial charge in [-0.25, -0.2) is 0 Å². The van der Waals surface area contributed by atoms with Crippen LogP contribution in [-0.4, -0.2) is 20.5 Å². The van der Waals surface area contributed by atoms with Crippen LogP contribution in [0.1, 0.15) is 5.56 Å². The third-order valence-electron chi connectivity index (χ3n) is 2.08. The van der Waals surface area contributed by atoms with E-state index in [1.165, 1.54) is 35.4 Å². The first-order chi connectivity index (χ1) is 8.69. The first-order valence-electron chi connectivity index (χ1n) is 4.93. The van der Waals surface area contributed by atoms with E-state index in [9.17, 15) is 10.1 Å². The molecule has 0 spiro atoms. The van der Waals surface area contributed by atoms with E-state index in [0.29, 0.717) is 17.0 Å². The number of non-ortho nitro benzene ring substituents is 1. The predicted octanol–water partition coefficient (Wildman–Crippen LogP) is 2.75. The van der Waals surface area contributed by atoms with Crippen molar-refractivity contribution in [3.63, 3.8) is 0 Å². The number of aromatic nitrogens is 2. The maximum atomic E-state index is 10.5. The monoisotopic (exact) mass is 283 g/mol. The number of nitro benzene ring substituents is 1. The lowest BCUT2D eigenvalue weighted by Gasteiger charge is -2.01. The fourth-order valence-electron chi connectivity index (χ4n) is 1.20. The topological polar surface area (TPSA) is 78.2 Å². The van der Waals surface area contributed by atoms with Gasteiger partial charge in [0.05, 0.1) is 4.92 Å². The molecule has 0 bridgehead atoms. The van der Waals surface area contributed by atoms with Gasteiger partial charge in [-0.1, -0.05) is 11.8 Å². The third-order valence-corrected chi connectivity index (χ3v) is 3.37. The summed E-state index contributed by atoms with van der Waals surface area (Å²) in [6.45, 7) is 0.320. The van der Waals surface area contributed by atoms with E-state index in [-0.39, 0.29) is 5.69 Å². The molecule has 2 aromatic rings. The number of ether oxygens (including phenoxy) is 1. The lowest BCUT2D eigenvalue weighted by molar-refractivity contribution is -0.384. The zero-order valence-electron chi connectivity index (χ0n) is 9.40.